The quantitative estimate of drug-likeness (QED) is 0.697. The van der Waals surface area contributed by atoms with Gasteiger partial charge in [0.25, 0.3) is 0 Å². The van der Waals surface area contributed by atoms with E-state index in [0.717, 1.165) is 22.3 Å². The number of piperidine rings is 1. The van der Waals surface area contributed by atoms with Crippen molar-refractivity contribution < 1.29 is 24.2 Å². The van der Waals surface area contributed by atoms with Gasteiger partial charge in [-0.2, -0.15) is 0 Å². The molecule has 0 bridgehead atoms. The number of carbonyl (C=O) groups excluding carboxylic acids is 2. The number of likely N-dealkylation sites (tertiary alicyclic amines) is 1. The van der Waals surface area contributed by atoms with Crippen LogP contribution in [-0.4, -0.2) is 53.7 Å². The first-order valence-electron chi connectivity index (χ1n) is 11.5. The van der Waals surface area contributed by atoms with Gasteiger partial charge in [-0.3, -0.25) is 9.59 Å². The van der Waals surface area contributed by atoms with Crippen molar-refractivity contribution in [1.29, 1.82) is 0 Å². The summed E-state index contributed by atoms with van der Waals surface area (Å²) in [5.41, 5.74) is 4.57. The van der Waals surface area contributed by atoms with Crippen molar-refractivity contribution in [1.82, 2.24) is 10.2 Å². The number of rotatable bonds is 6. The summed E-state index contributed by atoms with van der Waals surface area (Å²) in [6.45, 7) is 4.69. The van der Waals surface area contributed by atoms with Gasteiger partial charge in [0.2, 0.25) is 5.91 Å². The van der Waals surface area contributed by atoms with Gasteiger partial charge >= 0.3 is 12.1 Å². The maximum absolute atomic E-state index is 13.0. The number of amides is 2. The van der Waals surface area contributed by atoms with Gasteiger partial charge in [0, 0.05) is 19.0 Å². The van der Waals surface area contributed by atoms with Gasteiger partial charge in [0.15, 0.2) is 0 Å². The molecule has 174 valence electrons. The molecule has 33 heavy (non-hydrogen) atoms. The second-order valence-corrected chi connectivity index (χ2v) is 9.13. The van der Waals surface area contributed by atoms with E-state index in [4.69, 9.17) is 4.74 Å². The van der Waals surface area contributed by atoms with E-state index in [1.54, 1.807) is 4.90 Å². The van der Waals surface area contributed by atoms with Gasteiger partial charge in [-0.15, -0.1) is 0 Å². The first-order chi connectivity index (χ1) is 15.9. The standard InChI is InChI=1S/C26H30N2O5/c1-16(2)23(24(29)28-13-11-17(12-14-28)25(30)31)27-26(32)33-15-22-20-9-5-3-7-18(20)19-8-4-6-10-21(19)22/h3-10,16-17,22-23H,11-15H2,1-2H3,(H,27,32)(H,30,31)/t23-/m1/s1. The topological polar surface area (TPSA) is 95.9 Å². The Labute approximate surface area is 193 Å². The van der Waals surface area contributed by atoms with Crippen LogP contribution in [0.2, 0.25) is 0 Å². The van der Waals surface area contributed by atoms with Crippen LogP contribution < -0.4 is 5.32 Å². The predicted molar refractivity (Wildman–Crippen MR) is 124 cm³/mol. The van der Waals surface area contributed by atoms with Gasteiger partial charge in [-0.1, -0.05) is 62.4 Å². The van der Waals surface area contributed by atoms with Crippen LogP contribution in [0.1, 0.15) is 43.7 Å². The molecule has 0 saturated carbocycles. The highest BCUT2D eigenvalue weighted by atomic mass is 16.5. The summed E-state index contributed by atoms with van der Waals surface area (Å²) in [6.07, 6.45) is 0.234. The number of benzene rings is 2. The number of carboxylic acids is 1. The molecule has 1 saturated heterocycles. The van der Waals surface area contributed by atoms with Crippen LogP contribution in [0.3, 0.4) is 0 Å². The van der Waals surface area contributed by atoms with Crippen molar-refractivity contribution >= 4 is 18.0 Å². The molecule has 0 radical (unpaired) electrons. The number of aliphatic carboxylic acids is 1. The summed E-state index contributed by atoms with van der Waals surface area (Å²) in [5, 5.41) is 11.9. The number of nitrogens with zero attached hydrogens (tertiary/aromatic N) is 1. The van der Waals surface area contributed by atoms with Gasteiger partial charge in [-0.25, -0.2) is 4.79 Å². The normalized spacial score (nSPS) is 16.8. The van der Waals surface area contributed by atoms with E-state index in [2.05, 4.69) is 29.6 Å². The first kappa shape index (κ1) is 22.8. The van der Waals surface area contributed by atoms with E-state index in [0.29, 0.717) is 25.9 Å². The summed E-state index contributed by atoms with van der Waals surface area (Å²) in [4.78, 5) is 38.6. The molecule has 2 aromatic rings. The Morgan fingerprint density at radius 1 is 1.00 bits per heavy atom. The van der Waals surface area contributed by atoms with Gasteiger partial charge < -0.3 is 20.1 Å². The van der Waals surface area contributed by atoms with E-state index < -0.39 is 24.0 Å². The SMILES string of the molecule is CC(C)[C@@H](NC(=O)OCC1c2ccccc2-c2ccccc21)C(=O)N1CCC(C(=O)O)CC1. The van der Waals surface area contributed by atoms with Crippen molar-refractivity contribution in [2.24, 2.45) is 11.8 Å². The second kappa shape index (κ2) is 9.65. The van der Waals surface area contributed by atoms with Crippen molar-refractivity contribution in [2.75, 3.05) is 19.7 Å². The smallest absolute Gasteiger partial charge is 0.407 e. The minimum Gasteiger partial charge on any atom is -0.481 e. The fourth-order valence-corrected chi connectivity index (χ4v) is 4.82. The third-order valence-corrected chi connectivity index (χ3v) is 6.71. The second-order valence-electron chi connectivity index (χ2n) is 9.13. The van der Waals surface area contributed by atoms with E-state index in [1.165, 1.54) is 0 Å². The monoisotopic (exact) mass is 450 g/mol. The molecule has 2 aliphatic rings. The largest absolute Gasteiger partial charge is 0.481 e. The van der Waals surface area contributed by atoms with Crippen LogP contribution in [0.15, 0.2) is 48.5 Å². The third-order valence-electron chi connectivity index (χ3n) is 6.71. The Balaban J connectivity index is 1.38. The summed E-state index contributed by atoms with van der Waals surface area (Å²) in [6, 6.07) is 15.5. The van der Waals surface area contributed by atoms with E-state index in [9.17, 15) is 19.5 Å². The molecule has 7 nitrogen and oxygen atoms in total. The molecule has 2 N–H and O–H groups in total. The molecule has 1 aliphatic carbocycles. The fourth-order valence-electron chi connectivity index (χ4n) is 4.82. The molecule has 1 aliphatic heterocycles. The number of carbonyl (C=O) groups is 3. The van der Waals surface area contributed by atoms with E-state index in [-0.39, 0.29) is 24.3 Å². The zero-order valence-electron chi connectivity index (χ0n) is 19.0. The number of ether oxygens (including phenoxy) is 1. The molecular weight excluding hydrogens is 420 g/mol. The summed E-state index contributed by atoms with van der Waals surface area (Å²) >= 11 is 0. The number of fused-ring (bicyclic) bond motifs is 3. The molecule has 1 atom stereocenters. The predicted octanol–water partition coefficient (Wildman–Crippen LogP) is 3.87. The van der Waals surface area contributed by atoms with Crippen LogP contribution >= 0.6 is 0 Å². The Kier molecular flexibility index (Phi) is 6.67. The van der Waals surface area contributed by atoms with Gasteiger partial charge in [0.1, 0.15) is 12.6 Å². The zero-order chi connectivity index (χ0) is 23.5. The van der Waals surface area contributed by atoms with Crippen molar-refractivity contribution in [3.8, 4) is 11.1 Å². The summed E-state index contributed by atoms with van der Waals surface area (Å²) < 4.78 is 5.61. The van der Waals surface area contributed by atoms with Crippen LogP contribution in [0.25, 0.3) is 11.1 Å². The lowest BCUT2D eigenvalue weighted by Gasteiger charge is -2.34. The highest BCUT2D eigenvalue weighted by Crippen LogP contribution is 2.44. The number of hydrogen-bond donors (Lipinski definition) is 2. The lowest BCUT2D eigenvalue weighted by Crippen LogP contribution is -2.53. The molecular formula is C26H30N2O5. The molecule has 0 spiro atoms. The molecule has 0 aromatic heterocycles. The minimum atomic E-state index is -0.820. The fraction of sp³-hybridized carbons (Fsp3) is 0.423. The maximum atomic E-state index is 13.0. The van der Waals surface area contributed by atoms with Crippen molar-refractivity contribution in [3.05, 3.63) is 59.7 Å². The first-order valence-corrected chi connectivity index (χ1v) is 11.5. The molecule has 1 heterocycles. The van der Waals surface area contributed by atoms with Gasteiger partial charge in [0.05, 0.1) is 5.92 Å². The summed E-state index contributed by atoms with van der Waals surface area (Å²) in [5.74, 6) is -1.61. The Morgan fingerprint density at radius 3 is 2.06 bits per heavy atom. The summed E-state index contributed by atoms with van der Waals surface area (Å²) in [7, 11) is 0. The average Bonchev–Trinajstić information content (AvgIpc) is 3.14. The third kappa shape index (κ3) is 4.72. The molecule has 7 heteroatoms. The molecule has 2 amide bonds. The van der Waals surface area contributed by atoms with Crippen LogP contribution in [0, 0.1) is 11.8 Å². The van der Waals surface area contributed by atoms with Crippen molar-refractivity contribution in [3.63, 3.8) is 0 Å². The molecule has 0 unspecified atom stereocenters. The number of alkyl carbamates (subject to hydrolysis) is 1. The van der Waals surface area contributed by atoms with Crippen LogP contribution in [-0.2, 0) is 14.3 Å². The number of hydrogen-bond acceptors (Lipinski definition) is 4. The van der Waals surface area contributed by atoms with Crippen LogP contribution in [0.4, 0.5) is 4.79 Å². The molecule has 1 fully saturated rings. The lowest BCUT2D eigenvalue weighted by molar-refractivity contribution is -0.146. The number of carboxylic acid groups (broad SMARTS) is 1. The Hall–Kier alpha value is -3.35. The minimum absolute atomic E-state index is 0.0496. The average molecular weight is 451 g/mol. The highest BCUT2D eigenvalue weighted by molar-refractivity contribution is 5.86. The zero-order valence-corrected chi connectivity index (χ0v) is 19.0. The maximum Gasteiger partial charge on any atom is 0.407 e. The van der Waals surface area contributed by atoms with E-state index in [1.807, 2.05) is 38.1 Å². The lowest BCUT2D eigenvalue weighted by atomic mass is 9.95. The van der Waals surface area contributed by atoms with E-state index >= 15 is 0 Å². The molecule has 4 rings (SSSR count). The highest BCUT2D eigenvalue weighted by Gasteiger charge is 2.34. The van der Waals surface area contributed by atoms with Gasteiger partial charge in [-0.05, 0) is 41.0 Å². The molecule has 2 aromatic carbocycles. The Bertz CT molecular complexity index is 997. The Morgan fingerprint density at radius 2 is 1.55 bits per heavy atom. The van der Waals surface area contributed by atoms with Crippen molar-refractivity contribution in [2.45, 2.75) is 38.6 Å². The van der Waals surface area contributed by atoms with Crippen LogP contribution in [0.5, 0.6) is 0 Å². The number of nitrogens with one attached hydrogen (secondary N) is 1.